The Morgan fingerprint density at radius 2 is 1.49 bits per heavy atom. The van der Waals surface area contributed by atoms with Crippen molar-refractivity contribution in [1.29, 1.82) is 0 Å². The quantitative estimate of drug-likeness (QED) is 0.463. The number of carbonyl (C=O) groups is 2. The van der Waals surface area contributed by atoms with Gasteiger partial charge in [-0.1, -0.05) is 68.4 Å². The first-order valence-electron chi connectivity index (χ1n) is 13.3. The summed E-state index contributed by atoms with van der Waals surface area (Å²) in [5.41, 5.74) is 4.23. The second-order valence-corrected chi connectivity index (χ2v) is 10.4. The normalized spacial score (nSPS) is 15.6. The molecule has 37 heavy (non-hydrogen) atoms. The molecule has 0 atom stereocenters. The van der Waals surface area contributed by atoms with E-state index in [0.717, 1.165) is 29.9 Å². The largest absolute Gasteiger partial charge is 0.352 e. The maximum absolute atomic E-state index is 13.0. The van der Waals surface area contributed by atoms with Crippen LogP contribution in [0.5, 0.6) is 0 Å². The van der Waals surface area contributed by atoms with Gasteiger partial charge >= 0.3 is 0 Å². The molecule has 2 aliphatic rings. The topological polar surface area (TPSA) is 69.6 Å². The highest BCUT2D eigenvalue weighted by Gasteiger charge is 2.31. The Morgan fingerprint density at radius 3 is 2.08 bits per heavy atom. The summed E-state index contributed by atoms with van der Waals surface area (Å²) in [5.74, 6) is 1.41. The third-order valence-electron chi connectivity index (χ3n) is 7.20. The minimum Gasteiger partial charge on any atom is -0.352 e. The molecule has 2 aromatic carbocycles. The van der Waals surface area contributed by atoms with Gasteiger partial charge in [-0.2, -0.15) is 0 Å². The fourth-order valence-electron chi connectivity index (χ4n) is 4.77. The van der Waals surface area contributed by atoms with E-state index in [-0.39, 0.29) is 24.3 Å². The molecule has 192 valence electrons. The summed E-state index contributed by atoms with van der Waals surface area (Å²) in [7, 11) is 0. The summed E-state index contributed by atoms with van der Waals surface area (Å²) < 4.78 is 0. The molecule has 1 saturated carbocycles. The molecule has 1 saturated heterocycles. The molecule has 0 N–H and O–H groups in total. The number of piperazine rings is 1. The smallest absolute Gasteiger partial charge is 0.242 e. The molecule has 3 aromatic rings. The maximum atomic E-state index is 13.0. The second-order valence-electron chi connectivity index (χ2n) is 10.4. The monoisotopic (exact) mass is 497 g/mol. The van der Waals surface area contributed by atoms with E-state index < -0.39 is 0 Å². The number of hydrogen-bond donors (Lipinski definition) is 0. The zero-order valence-corrected chi connectivity index (χ0v) is 21.7. The molecule has 1 aromatic heterocycles. The van der Waals surface area contributed by atoms with Crippen LogP contribution >= 0.6 is 0 Å². The van der Waals surface area contributed by atoms with Crippen LogP contribution in [0, 0.1) is 11.8 Å². The van der Waals surface area contributed by atoms with Gasteiger partial charge in [-0.25, -0.2) is 0 Å². The van der Waals surface area contributed by atoms with Crippen molar-refractivity contribution in [3.05, 3.63) is 66.7 Å². The number of benzene rings is 2. The van der Waals surface area contributed by atoms with Crippen LogP contribution < -0.4 is 4.90 Å². The second kappa shape index (κ2) is 11.1. The molecule has 0 radical (unpaired) electrons. The van der Waals surface area contributed by atoms with Gasteiger partial charge in [-0.05, 0) is 42.0 Å². The molecule has 0 bridgehead atoms. The van der Waals surface area contributed by atoms with Crippen molar-refractivity contribution in [3.63, 3.8) is 0 Å². The van der Waals surface area contributed by atoms with Crippen LogP contribution in [0.25, 0.3) is 22.4 Å². The number of amides is 2. The molecule has 1 aliphatic carbocycles. The number of aromatic nitrogens is 2. The van der Waals surface area contributed by atoms with Crippen LogP contribution in [-0.4, -0.2) is 71.1 Å². The summed E-state index contributed by atoms with van der Waals surface area (Å²) in [6.45, 7) is 7.34. The summed E-state index contributed by atoms with van der Waals surface area (Å²) in [5, 5.41) is 8.95. The van der Waals surface area contributed by atoms with Gasteiger partial charge < -0.3 is 14.7 Å². The Bertz CT molecular complexity index is 1200. The predicted molar refractivity (Wildman–Crippen MR) is 146 cm³/mol. The van der Waals surface area contributed by atoms with E-state index >= 15 is 0 Å². The van der Waals surface area contributed by atoms with Gasteiger partial charge in [-0.15, -0.1) is 10.2 Å². The van der Waals surface area contributed by atoms with Crippen LogP contribution in [0.4, 0.5) is 5.82 Å². The van der Waals surface area contributed by atoms with Crippen molar-refractivity contribution in [2.24, 2.45) is 11.8 Å². The van der Waals surface area contributed by atoms with E-state index in [1.165, 1.54) is 11.1 Å². The maximum Gasteiger partial charge on any atom is 0.242 e. The van der Waals surface area contributed by atoms with Gasteiger partial charge in [0.25, 0.3) is 0 Å². The van der Waals surface area contributed by atoms with Gasteiger partial charge in [0, 0.05) is 44.2 Å². The molecule has 1 aliphatic heterocycles. The van der Waals surface area contributed by atoms with E-state index in [9.17, 15) is 9.59 Å². The highest BCUT2D eigenvalue weighted by Crippen LogP contribution is 2.30. The number of hydrogen-bond acceptors (Lipinski definition) is 5. The first-order valence-corrected chi connectivity index (χ1v) is 13.3. The lowest BCUT2D eigenvalue weighted by Gasteiger charge is -2.36. The lowest BCUT2D eigenvalue weighted by Crippen LogP contribution is -2.52. The number of anilines is 1. The van der Waals surface area contributed by atoms with Gasteiger partial charge in [-0.3, -0.25) is 9.59 Å². The Balaban J connectivity index is 1.15. The van der Waals surface area contributed by atoms with E-state index in [0.29, 0.717) is 38.6 Å². The third-order valence-corrected chi connectivity index (χ3v) is 7.20. The molecule has 2 amide bonds. The van der Waals surface area contributed by atoms with Crippen molar-refractivity contribution < 1.29 is 9.59 Å². The highest BCUT2D eigenvalue weighted by atomic mass is 16.2. The molecule has 7 heteroatoms. The minimum atomic E-state index is -0.0910. The third kappa shape index (κ3) is 6.16. The average molecular weight is 498 g/mol. The van der Waals surface area contributed by atoms with Crippen molar-refractivity contribution in [2.45, 2.75) is 26.7 Å². The Morgan fingerprint density at radius 1 is 0.838 bits per heavy atom. The zero-order chi connectivity index (χ0) is 25.8. The Hall–Kier alpha value is -3.74. The average Bonchev–Trinajstić information content (AvgIpc) is 3.77. The number of rotatable bonds is 8. The lowest BCUT2D eigenvalue weighted by molar-refractivity contribution is -0.142. The van der Waals surface area contributed by atoms with Crippen LogP contribution in [0.15, 0.2) is 66.7 Å². The first kappa shape index (κ1) is 24.9. The van der Waals surface area contributed by atoms with Gasteiger partial charge in [0.05, 0.1) is 12.2 Å². The summed E-state index contributed by atoms with van der Waals surface area (Å²) >= 11 is 0. The van der Waals surface area contributed by atoms with Crippen molar-refractivity contribution >= 4 is 17.6 Å². The SMILES string of the molecule is CC(C)C(=O)N(CC(=O)N1CCN(c2ccc(-c3ccc(-c4ccccc4)cc3)nn2)CC1)CC1CC1. The minimum absolute atomic E-state index is 0.0367. The molecular weight excluding hydrogens is 462 g/mol. The molecule has 5 rings (SSSR count). The Kier molecular flexibility index (Phi) is 7.49. The van der Waals surface area contributed by atoms with E-state index in [1.54, 1.807) is 4.90 Å². The van der Waals surface area contributed by atoms with Gasteiger partial charge in [0.2, 0.25) is 11.8 Å². The molecule has 2 heterocycles. The summed E-state index contributed by atoms with van der Waals surface area (Å²) in [6.07, 6.45) is 2.32. The zero-order valence-electron chi connectivity index (χ0n) is 21.7. The van der Waals surface area contributed by atoms with Gasteiger partial charge in [0.15, 0.2) is 5.82 Å². The van der Waals surface area contributed by atoms with E-state index in [2.05, 4.69) is 51.5 Å². The fourth-order valence-corrected chi connectivity index (χ4v) is 4.77. The lowest BCUT2D eigenvalue weighted by atomic mass is 10.0. The van der Waals surface area contributed by atoms with Crippen LogP contribution in [-0.2, 0) is 9.59 Å². The van der Waals surface area contributed by atoms with Crippen molar-refractivity contribution in [2.75, 3.05) is 44.2 Å². The molecule has 7 nitrogen and oxygen atoms in total. The summed E-state index contributed by atoms with van der Waals surface area (Å²) in [4.78, 5) is 31.4. The standard InChI is InChI=1S/C30H35N5O2/c1-22(2)30(37)35(20-23-8-9-23)21-29(36)34-18-16-33(17-19-34)28-15-14-27(31-32-28)26-12-10-25(11-13-26)24-6-4-3-5-7-24/h3-7,10-15,22-23H,8-9,16-21H2,1-2H3. The van der Waals surface area contributed by atoms with Gasteiger partial charge in [0.1, 0.15) is 0 Å². The highest BCUT2D eigenvalue weighted by molar-refractivity contribution is 5.86. The predicted octanol–water partition coefficient (Wildman–Crippen LogP) is 4.35. The first-order chi connectivity index (χ1) is 18.0. The summed E-state index contributed by atoms with van der Waals surface area (Å²) in [6, 6.07) is 22.7. The molecule has 0 spiro atoms. The fraction of sp³-hybridized carbons (Fsp3) is 0.400. The van der Waals surface area contributed by atoms with Crippen molar-refractivity contribution in [1.82, 2.24) is 20.0 Å². The molecule has 2 fully saturated rings. The van der Waals surface area contributed by atoms with Crippen LogP contribution in [0.2, 0.25) is 0 Å². The van der Waals surface area contributed by atoms with E-state index in [1.807, 2.05) is 49.1 Å². The number of carbonyl (C=O) groups excluding carboxylic acids is 2. The molecular formula is C30H35N5O2. The van der Waals surface area contributed by atoms with Crippen LogP contribution in [0.1, 0.15) is 26.7 Å². The molecule has 0 unspecified atom stereocenters. The Labute approximate surface area is 219 Å². The van der Waals surface area contributed by atoms with Crippen molar-refractivity contribution in [3.8, 4) is 22.4 Å². The number of nitrogens with zero attached hydrogens (tertiary/aromatic N) is 5. The van der Waals surface area contributed by atoms with Crippen LogP contribution in [0.3, 0.4) is 0 Å². The van der Waals surface area contributed by atoms with E-state index in [4.69, 9.17) is 0 Å².